The Morgan fingerprint density at radius 2 is 1.29 bits per heavy atom. The molecule has 0 aliphatic heterocycles. The summed E-state index contributed by atoms with van der Waals surface area (Å²) in [4.78, 5) is 0. The molecule has 2 nitrogen and oxygen atoms in total. The lowest BCUT2D eigenvalue weighted by molar-refractivity contribution is -0.138. The molecule has 0 fully saturated rings. The smallest absolute Gasteiger partial charge is 0.385 e. The average molecular weight is 414 g/mol. The zero-order valence-electron chi connectivity index (χ0n) is 14.9. The third-order valence-electron chi connectivity index (χ3n) is 3.27. The number of hydrogen-bond acceptors (Lipinski definition) is 2. The van der Waals surface area contributed by atoms with Gasteiger partial charge in [0, 0.05) is 18.8 Å². The van der Waals surface area contributed by atoms with Crippen molar-refractivity contribution in [1.29, 1.82) is 0 Å². The zero-order valence-corrected chi connectivity index (χ0v) is 14.9. The highest BCUT2D eigenvalue weighted by Crippen LogP contribution is 2.32. The van der Waals surface area contributed by atoms with Crippen LogP contribution in [0.2, 0.25) is 0 Å². The van der Waals surface area contributed by atoms with Crippen molar-refractivity contribution in [3.05, 3.63) is 59.2 Å². The van der Waals surface area contributed by atoms with Gasteiger partial charge in [-0.3, -0.25) is 0 Å². The van der Waals surface area contributed by atoms with Crippen LogP contribution in [-0.2, 0) is 12.4 Å². The third kappa shape index (κ3) is 7.24. The molecule has 156 valence electrons. The summed E-state index contributed by atoms with van der Waals surface area (Å²) in [5.74, 6) is -1.78. The van der Waals surface area contributed by atoms with Crippen LogP contribution in [-0.4, -0.2) is 13.1 Å². The van der Waals surface area contributed by atoms with Crippen LogP contribution >= 0.6 is 0 Å². The molecule has 2 aromatic carbocycles. The van der Waals surface area contributed by atoms with Crippen LogP contribution in [0.25, 0.3) is 0 Å². The van der Waals surface area contributed by atoms with Gasteiger partial charge < -0.3 is 10.6 Å². The molecule has 0 aromatic heterocycles. The van der Waals surface area contributed by atoms with E-state index >= 15 is 0 Å². The van der Waals surface area contributed by atoms with Crippen LogP contribution in [0.15, 0.2) is 36.4 Å². The van der Waals surface area contributed by atoms with E-state index in [-0.39, 0.29) is 11.4 Å². The molecule has 2 rings (SSSR count). The highest BCUT2D eigenvalue weighted by atomic mass is 19.4. The largest absolute Gasteiger partial charge is 0.416 e. The summed E-state index contributed by atoms with van der Waals surface area (Å²) in [6, 6.07) is 4.80. The number of hydrogen-bond donors (Lipinski definition) is 2. The van der Waals surface area contributed by atoms with Crippen molar-refractivity contribution in [3.8, 4) is 0 Å². The molecule has 10 heteroatoms. The fourth-order valence-corrected chi connectivity index (χ4v) is 2.08. The summed E-state index contributed by atoms with van der Waals surface area (Å²) in [6.07, 6.45) is -9.00. The normalized spacial score (nSPS) is 11.5. The maximum atomic E-state index is 13.0. The fourth-order valence-electron chi connectivity index (χ4n) is 2.08. The summed E-state index contributed by atoms with van der Waals surface area (Å²) in [6.45, 7) is 4.36. The number of nitrogens with one attached hydrogen (secondary N) is 2. The van der Waals surface area contributed by atoms with Gasteiger partial charge in [0.25, 0.3) is 0 Å². The minimum Gasteiger partial charge on any atom is -0.385 e. The van der Waals surface area contributed by atoms with Crippen LogP contribution in [0.4, 0.5) is 46.5 Å². The van der Waals surface area contributed by atoms with Gasteiger partial charge in [-0.2, -0.15) is 26.3 Å². The molecule has 0 radical (unpaired) electrons. The molecule has 0 heterocycles. The number of benzene rings is 2. The predicted octanol–water partition coefficient (Wildman–Crippen LogP) is 6.55. The Bertz CT molecular complexity index is 769. The highest BCUT2D eigenvalue weighted by Gasteiger charge is 2.32. The van der Waals surface area contributed by atoms with Gasteiger partial charge in [-0.15, -0.1) is 0 Å². The molecule has 2 N–H and O–H groups in total. The van der Waals surface area contributed by atoms with E-state index in [4.69, 9.17) is 0 Å². The molecular weight excluding hydrogens is 396 g/mol. The maximum absolute atomic E-state index is 13.0. The van der Waals surface area contributed by atoms with E-state index < -0.39 is 35.1 Å². The van der Waals surface area contributed by atoms with Crippen molar-refractivity contribution in [2.75, 3.05) is 23.7 Å². The number of rotatable bonds is 4. The van der Waals surface area contributed by atoms with Crippen LogP contribution in [0.5, 0.6) is 0 Å². The van der Waals surface area contributed by atoms with Gasteiger partial charge in [-0.25, -0.2) is 8.78 Å². The van der Waals surface area contributed by atoms with E-state index in [0.29, 0.717) is 25.2 Å². The van der Waals surface area contributed by atoms with Crippen LogP contribution in [0.3, 0.4) is 0 Å². The lowest BCUT2D eigenvalue weighted by atomic mass is 10.2. The number of anilines is 2. The van der Waals surface area contributed by atoms with Gasteiger partial charge in [0.15, 0.2) is 0 Å². The first-order chi connectivity index (χ1) is 12.9. The molecule has 2 aromatic rings. The summed E-state index contributed by atoms with van der Waals surface area (Å²) in [5, 5.41) is 5.23. The standard InChI is InChI=1S/2C9H9F4N/c1-2-14-8-4-6(9(11,12)13)3-7(10)5-8;1-2-14-8-4-3-6(5-7(8)10)9(11,12)13/h2*3-5,14H,2H2,1H3. The second kappa shape index (κ2) is 9.61. The molecule has 0 amide bonds. The lowest BCUT2D eigenvalue weighted by Gasteiger charge is -2.09. The second-order valence-electron chi connectivity index (χ2n) is 5.48. The molecule has 0 saturated heterocycles. The van der Waals surface area contributed by atoms with Crippen molar-refractivity contribution < 1.29 is 35.1 Å². The molecule has 0 spiro atoms. The quantitative estimate of drug-likeness (QED) is 0.554. The van der Waals surface area contributed by atoms with Crippen molar-refractivity contribution >= 4 is 11.4 Å². The molecule has 0 saturated carbocycles. The Kier molecular flexibility index (Phi) is 8.07. The minimum atomic E-state index is -4.51. The van der Waals surface area contributed by atoms with Gasteiger partial charge in [0.2, 0.25) is 0 Å². The zero-order chi connectivity index (χ0) is 21.5. The molecule has 28 heavy (non-hydrogen) atoms. The Hall–Kier alpha value is -2.52. The first-order valence-corrected chi connectivity index (χ1v) is 8.10. The van der Waals surface area contributed by atoms with Crippen LogP contribution in [0, 0.1) is 11.6 Å². The predicted molar refractivity (Wildman–Crippen MR) is 91.1 cm³/mol. The van der Waals surface area contributed by atoms with Crippen LogP contribution in [0.1, 0.15) is 25.0 Å². The first-order valence-electron chi connectivity index (χ1n) is 8.10. The summed E-state index contributed by atoms with van der Waals surface area (Å²) < 4.78 is 98.6. The van der Waals surface area contributed by atoms with Crippen LogP contribution < -0.4 is 10.6 Å². The fraction of sp³-hybridized carbons (Fsp3) is 0.333. The molecule has 0 bridgehead atoms. The van der Waals surface area contributed by atoms with E-state index in [1.54, 1.807) is 13.8 Å². The Morgan fingerprint density at radius 1 is 0.714 bits per heavy atom. The van der Waals surface area contributed by atoms with Crippen molar-refractivity contribution in [1.82, 2.24) is 0 Å². The minimum absolute atomic E-state index is 0.0838. The van der Waals surface area contributed by atoms with E-state index in [1.165, 1.54) is 0 Å². The topological polar surface area (TPSA) is 24.1 Å². The maximum Gasteiger partial charge on any atom is 0.416 e. The van der Waals surface area contributed by atoms with Gasteiger partial charge in [-0.1, -0.05) is 0 Å². The van der Waals surface area contributed by atoms with E-state index in [2.05, 4.69) is 10.6 Å². The summed E-state index contributed by atoms with van der Waals surface area (Å²) in [7, 11) is 0. The van der Waals surface area contributed by atoms with Gasteiger partial charge in [0.1, 0.15) is 11.6 Å². The molecule has 0 aliphatic rings. The van der Waals surface area contributed by atoms with Gasteiger partial charge in [-0.05, 0) is 50.2 Å². The van der Waals surface area contributed by atoms with Crippen molar-refractivity contribution in [2.45, 2.75) is 26.2 Å². The lowest BCUT2D eigenvalue weighted by Crippen LogP contribution is -2.07. The first kappa shape index (κ1) is 23.5. The monoisotopic (exact) mass is 414 g/mol. The summed E-state index contributed by atoms with van der Waals surface area (Å²) >= 11 is 0. The molecule has 0 unspecified atom stereocenters. The highest BCUT2D eigenvalue weighted by molar-refractivity contribution is 5.47. The van der Waals surface area contributed by atoms with Gasteiger partial charge >= 0.3 is 12.4 Å². The number of halogens is 8. The molecular formula is C18H18F8N2. The molecule has 0 atom stereocenters. The van der Waals surface area contributed by atoms with Gasteiger partial charge in [0.05, 0.1) is 16.8 Å². The Morgan fingerprint density at radius 3 is 1.75 bits per heavy atom. The second-order valence-corrected chi connectivity index (χ2v) is 5.48. The summed E-state index contributed by atoms with van der Waals surface area (Å²) in [5.41, 5.74) is -1.73. The van der Waals surface area contributed by atoms with E-state index in [9.17, 15) is 35.1 Å². The van der Waals surface area contributed by atoms with E-state index in [0.717, 1.165) is 24.3 Å². The SMILES string of the molecule is CCNc1cc(F)cc(C(F)(F)F)c1.CCNc1ccc(C(F)(F)F)cc1F. The van der Waals surface area contributed by atoms with Crippen molar-refractivity contribution in [3.63, 3.8) is 0 Å². The Balaban J connectivity index is 0.000000280. The Labute approximate surface area is 156 Å². The van der Waals surface area contributed by atoms with E-state index in [1.807, 2.05) is 0 Å². The molecule has 0 aliphatic carbocycles. The van der Waals surface area contributed by atoms with Crippen molar-refractivity contribution in [2.24, 2.45) is 0 Å². The third-order valence-corrected chi connectivity index (χ3v) is 3.27. The number of alkyl halides is 6. The average Bonchev–Trinajstić information content (AvgIpc) is 2.55.